The molecule has 0 aliphatic carbocycles. The van der Waals surface area contributed by atoms with Crippen molar-refractivity contribution in [3.05, 3.63) is 30.1 Å². The third-order valence-corrected chi connectivity index (χ3v) is 2.45. The normalized spacial score (nSPS) is 11.5. The summed E-state index contributed by atoms with van der Waals surface area (Å²) in [6, 6.07) is 5.56. The van der Waals surface area contributed by atoms with Crippen molar-refractivity contribution >= 4 is 10.0 Å². The van der Waals surface area contributed by atoms with Crippen LogP contribution in [0.25, 0.3) is 0 Å². The van der Waals surface area contributed by atoms with Gasteiger partial charge >= 0.3 is 0 Å². The lowest BCUT2D eigenvalue weighted by Gasteiger charge is -1.98. The van der Waals surface area contributed by atoms with Gasteiger partial charge in [0.05, 0.1) is 5.75 Å². The second kappa shape index (κ2) is 4.34. The van der Waals surface area contributed by atoms with Gasteiger partial charge in [-0.25, -0.2) is 13.6 Å². The van der Waals surface area contributed by atoms with Crippen molar-refractivity contribution < 1.29 is 8.42 Å². The standard InChI is InChI=1S/C8H12N2O2S/c9-13(11,12)7-3-5-8-4-1-2-6-10-8/h1-2,4,6H,3,5,7H2,(H2,9,11,12). The molecule has 5 heteroatoms. The largest absolute Gasteiger partial charge is 0.261 e. The molecule has 1 rings (SSSR count). The first-order valence-electron chi connectivity index (χ1n) is 3.98. The predicted octanol–water partition coefficient (Wildman–Crippen LogP) is 0.303. The van der Waals surface area contributed by atoms with Crippen LogP contribution >= 0.6 is 0 Å². The van der Waals surface area contributed by atoms with E-state index in [2.05, 4.69) is 4.98 Å². The van der Waals surface area contributed by atoms with Crippen LogP contribution in [0.15, 0.2) is 24.4 Å². The van der Waals surface area contributed by atoms with Gasteiger partial charge in [-0.15, -0.1) is 0 Å². The number of hydrogen-bond acceptors (Lipinski definition) is 3. The van der Waals surface area contributed by atoms with E-state index in [1.54, 1.807) is 6.20 Å². The smallest absolute Gasteiger partial charge is 0.209 e. The highest BCUT2D eigenvalue weighted by atomic mass is 32.2. The number of pyridine rings is 1. The fraction of sp³-hybridized carbons (Fsp3) is 0.375. The average molecular weight is 200 g/mol. The van der Waals surface area contributed by atoms with Gasteiger partial charge in [-0.3, -0.25) is 4.98 Å². The zero-order valence-electron chi connectivity index (χ0n) is 7.18. The average Bonchev–Trinajstić information content (AvgIpc) is 2.04. The minimum atomic E-state index is -3.32. The van der Waals surface area contributed by atoms with Crippen molar-refractivity contribution in [3.8, 4) is 0 Å². The summed E-state index contributed by atoms with van der Waals surface area (Å²) < 4.78 is 21.2. The van der Waals surface area contributed by atoms with Crippen LogP contribution in [0.1, 0.15) is 12.1 Å². The first kappa shape index (κ1) is 10.1. The first-order chi connectivity index (χ1) is 6.08. The molecule has 4 nitrogen and oxygen atoms in total. The predicted molar refractivity (Wildman–Crippen MR) is 50.5 cm³/mol. The number of nitrogens with zero attached hydrogens (tertiary/aromatic N) is 1. The fourth-order valence-corrected chi connectivity index (χ4v) is 1.55. The van der Waals surface area contributed by atoms with Gasteiger partial charge in [-0.1, -0.05) is 6.07 Å². The van der Waals surface area contributed by atoms with E-state index in [-0.39, 0.29) is 5.75 Å². The molecule has 0 aliphatic rings. The van der Waals surface area contributed by atoms with Gasteiger partial charge in [-0.05, 0) is 25.0 Å². The van der Waals surface area contributed by atoms with Gasteiger partial charge in [0.1, 0.15) is 0 Å². The summed E-state index contributed by atoms with van der Waals surface area (Å²) in [6.45, 7) is 0. The van der Waals surface area contributed by atoms with E-state index in [1.165, 1.54) is 0 Å². The molecule has 1 heterocycles. The Kier molecular flexibility index (Phi) is 3.39. The monoisotopic (exact) mass is 200 g/mol. The van der Waals surface area contributed by atoms with Crippen molar-refractivity contribution in [2.75, 3.05) is 5.75 Å². The Morgan fingerprint density at radius 3 is 2.69 bits per heavy atom. The quantitative estimate of drug-likeness (QED) is 0.759. The molecule has 1 aromatic heterocycles. The van der Waals surface area contributed by atoms with Crippen LogP contribution in [-0.4, -0.2) is 19.2 Å². The Bertz CT molecular complexity index is 348. The Balaban J connectivity index is 2.37. The molecule has 2 N–H and O–H groups in total. The summed E-state index contributed by atoms with van der Waals surface area (Å²) in [7, 11) is -3.32. The highest BCUT2D eigenvalue weighted by Crippen LogP contribution is 1.98. The minimum Gasteiger partial charge on any atom is -0.261 e. The van der Waals surface area contributed by atoms with Crippen molar-refractivity contribution in [2.24, 2.45) is 5.14 Å². The van der Waals surface area contributed by atoms with Crippen LogP contribution in [0.3, 0.4) is 0 Å². The van der Waals surface area contributed by atoms with E-state index in [1.807, 2.05) is 18.2 Å². The maximum atomic E-state index is 10.6. The lowest BCUT2D eigenvalue weighted by atomic mass is 10.2. The van der Waals surface area contributed by atoms with Gasteiger partial charge in [0, 0.05) is 11.9 Å². The molecule has 0 fully saturated rings. The second-order valence-corrected chi connectivity index (χ2v) is 4.53. The first-order valence-corrected chi connectivity index (χ1v) is 5.70. The van der Waals surface area contributed by atoms with E-state index in [9.17, 15) is 8.42 Å². The molecule has 0 aliphatic heterocycles. The van der Waals surface area contributed by atoms with Crippen LogP contribution in [0, 0.1) is 0 Å². The van der Waals surface area contributed by atoms with E-state index < -0.39 is 10.0 Å². The summed E-state index contributed by atoms with van der Waals surface area (Å²) in [4.78, 5) is 4.06. The van der Waals surface area contributed by atoms with E-state index >= 15 is 0 Å². The molecular formula is C8H12N2O2S. The Morgan fingerprint density at radius 1 is 1.38 bits per heavy atom. The van der Waals surface area contributed by atoms with Gasteiger partial charge in [0.2, 0.25) is 10.0 Å². The SMILES string of the molecule is NS(=O)(=O)CCCc1ccccn1. The molecule has 0 amide bonds. The molecule has 0 saturated carbocycles. The Labute approximate surface area is 77.8 Å². The molecular weight excluding hydrogens is 188 g/mol. The number of nitrogens with two attached hydrogens (primary N) is 1. The zero-order valence-corrected chi connectivity index (χ0v) is 8.00. The molecule has 0 unspecified atom stereocenters. The van der Waals surface area contributed by atoms with E-state index in [0.29, 0.717) is 12.8 Å². The number of sulfonamides is 1. The summed E-state index contributed by atoms with van der Waals surface area (Å²) in [5, 5.41) is 4.85. The number of primary sulfonamides is 1. The topological polar surface area (TPSA) is 73.1 Å². The van der Waals surface area contributed by atoms with Crippen molar-refractivity contribution in [3.63, 3.8) is 0 Å². The van der Waals surface area contributed by atoms with Crippen LogP contribution in [-0.2, 0) is 16.4 Å². The minimum absolute atomic E-state index is 0.0174. The third-order valence-electron chi connectivity index (χ3n) is 1.59. The lowest BCUT2D eigenvalue weighted by Crippen LogP contribution is -2.16. The summed E-state index contributed by atoms with van der Waals surface area (Å²) >= 11 is 0. The van der Waals surface area contributed by atoms with E-state index in [4.69, 9.17) is 5.14 Å². The molecule has 72 valence electrons. The summed E-state index contributed by atoms with van der Waals surface area (Å²) in [5.74, 6) is 0.0174. The molecule has 13 heavy (non-hydrogen) atoms. The van der Waals surface area contributed by atoms with Gasteiger partial charge in [0.15, 0.2) is 0 Å². The summed E-state index contributed by atoms with van der Waals surface area (Å²) in [6.07, 6.45) is 2.86. The van der Waals surface area contributed by atoms with Crippen LogP contribution < -0.4 is 5.14 Å². The molecule has 0 saturated heterocycles. The number of rotatable bonds is 4. The Hall–Kier alpha value is -0.940. The molecule has 0 atom stereocenters. The van der Waals surface area contributed by atoms with Crippen LogP contribution in [0.2, 0.25) is 0 Å². The fourth-order valence-electron chi connectivity index (χ4n) is 1.00. The highest BCUT2D eigenvalue weighted by Gasteiger charge is 2.02. The third kappa shape index (κ3) is 4.59. The van der Waals surface area contributed by atoms with E-state index in [0.717, 1.165) is 5.69 Å². The van der Waals surface area contributed by atoms with Gasteiger partial charge in [-0.2, -0.15) is 0 Å². The highest BCUT2D eigenvalue weighted by molar-refractivity contribution is 7.89. The number of aryl methyl sites for hydroxylation is 1. The molecule has 0 radical (unpaired) electrons. The maximum Gasteiger partial charge on any atom is 0.209 e. The van der Waals surface area contributed by atoms with Crippen LogP contribution in [0.4, 0.5) is 0 Å². The second-order valence-electron chi connectivity index (χ2n) is 2.79. The molecule has 0 aromatic carbocycles. The molecule has 0 spiro atoms. The van der Waals surface area contributed by atoms with Gasteiger partial charge < -0.3 is 0 Å². The number of aromatic nitrogens is 1. The zero-order chi connectivity index (χ0) is 9.73. The maximum absolute atomic E-state index is 10.6. The van der Waals surface area contributed by atoms with Crippen molar-refractivity contribution in [1.29, 1.82) is 0 Å². The summed E-state index contributed by atoms with van der Waals surface area (Å²) in [5.41, 5.74) is 0.895. The Morgan fingerprint density at radius 2 is 2.15 bits per heavy atom. The molecule has 1 aromatic rings. The van der Waals surface area contributed by atoms with Crippen molar-refractivity contribution in [1.82, 2.24) is 4.98 Å². The lowest BCUT2D eigenvalue weighted by molar-refractivity contribution is 0.594. The van der Waals surface area contributed by atoms with Crippen LogP contribution in [0.5, 0.6) is 0 Å². The van der Waals surface area contributed by atoms with Crippen molar-refractivity contribution in [2.45, 2.75) is 12.8 Å². The van der Waals surface area contributed by atoms with Gasteiger partial charge in [0.25, 0.3) is 0 Å². The number of hydrogen-bond donors (Lipinski definition) is 1. The molecule has 0 bridgehead atoms.